The van der Waals surface area contributed by atoms with Crippen molar-refractivity contribution < 1.29 is 4.42 Å². The molecule has 5 nitrogen and oxygen atoms in total. The van der Waals surface area contributed by atoms with Gasteiger partial charge in [0.05, 0.1) is 10.2 Å². The highest BCUT2D eigenvalue weighted by molar-refractivity contribution is 7.21. The summed E-state index contributed by atoms with van der Waals surface area (Å²) < 4.78 is 7.52. The molecule has 9 aromatic rings. The normalized spacial score (nSPS) is 11.5. The molecule has 0 N–H and O–H groups in total. The monoisotopic (exact) mass is 608 g/mol. The highest BCUT2D eigenvalue weighted by Gasteiger charge is 2.19. The van der Waals surface area contributed by atoms with Crippen molar-refractivity contribution in [3.63, 3.8) is 0 Å². The number of aromatic nitrogens is 4. The lowest BCUT2D eigenvalue weighted by molar-refractivity contribution is 0.669. The third kappa shape index (κ3) is 4.64. The average Bonchev–Trinajstić information content (AvgIpc) is 3.72. The maximum absolute atomic E-state index is 6.42. The van der Waals surface area contributed by atoms with Gasteiger partial charge in [-0.25, -0.2) is 19.9 Å². The van der Waals surface area contributed by atoms with E-state index in [9.17, 15) is 0 Å². The van der Waals surface area contributed by atoms with Gasteiger partial charge in [-0.05, 0) is 23.3 Å². The molecule has 0 saturated carbocycles. The van der Waals surface area contributed by atoms with E-state index >= 15 is 0 Å². The Balaban J connectivity index is 1.22. The van der Waals surface area contributed by atoms with E-state index in [2.05, 4.69) is 72.8 Å². The molecular formula is C40H24N4OS. The number of hydrogen-bond acceptors (Lipinski definition) is 6. The van der Waals surface area contributed by atoms with Gasteiger partial charge in [-0.15, -0.1) is 11.3 Å². The van der Waals surface area contributed by atoms with Gasteiger partial charge in [0.25, 0.3) is 0 Å². The van der Waals surface area contributed by atoms with E-state index in [4.69, 9.17) is 24.4 Å². The van der Waals surface area contributed by atoms with Crippen molar-refractivity contribution in [1.29, 1.82) is 0 Å². The van der Waals surface area contributed by atoms with Crippen LogP contribution in [0.3, 0.4) is 0 Å². The molecular weight excluding hydrogens is 585 g/mol. The van der Waals surface area contributed by atoms with Crippen LogP contribution in [0.4, 0.5) is 0 Å². The Labute approximate surface area is 268 Å². The van der Waals surface area contributed by atoms with Crippen molar-refractivity contribution >= 4 is 43.5 Å². The fraction of sp³-hybridized carbons (Fsp3) is 0. The first kappa shape index (κ1) is 26.4. The van der Waals surface area contributed by atoms with E-state index in [1.54, 1.807) is 11.3 Å². The van der Waals surface area contributed by atoms with Gasteiger partial charge >= 0.3 is 0 Å². The predicted molar refractivity (Wildman–Crippen MR) is 187 cm³/mol. The van der Waals surface area contributed by atoms with Crippen LogP contribution in [0.5, 0.6) is 0 Å². The lowest BCUT2D eigenvalue weighted by Gasteiger charge is -2.10. The molecule has 0 atom stereocenters. The lowest BCUT2D eigenvalue weighted by Crippen LogP contribution is -2.00. The Morgan fingerprint density at radius 1 is 0.435 bits per heavy atom. The third-order valence-electron chi connectivity index (χ3n) is 8.18. The van der Waals surface area contributed by atoms with Crippen LogP contribution >= 0.6 is 11.3 Å². The zero-order valence-electron chi connectivity index (χ0n) is 24.5. The van der Waals surface area contributed by atoms with Crippen molar-refractivity contribution in [2.45, 2.75) is 0 Å². The average molecular weight is 609 g/mol. The first-order chi connectivity index (χ1) is 22.8. The van der Waals surface area contributed by atoms with Crippen LogP contribution in [0.25, 0.3) is 88.0 Å². The van der Waals surface area contributed by atoms with Gasteiger partial charge in [0, 0.05) is 39.1 Å². The molecule has 0 aliphatic heterocycles. The van der Waals surface area contributed by atoms with E-state index in [1.165, 1.54) is 5.56 Å². The van der Waals surface area contributed by atoms with Gasteiger partial charge < -0.3 is 4.42 Å². The lowest BCUT2D eigenvalue weighted by atomic mass is 10.0. The Bertz CT molecular complexity index is 2510. The van der Waals surface area contributed by atoms with Crippen LogP contribution in [-0.2, 0) is 0 Å². The van der Waals surface area contributed by atoms with Crippen LogP contribution in [0.1, 0.15) is 0 Å². The Kier molecular flexibility index (Phi) is 6.25. The summed E-state index contributed by atoms with van der Waals surface area (Å²) >= 11 is 1.68. The zero-order valence-corrected chi connectivity index (χ0v) is 25.3. The topological polar surface area (TPSA) is 64.7 Å². The van der Waals surface area contributed by atoms with Gasteiger partial charge in [-0.3, -0.25) is 0 Å². The maximum atomic E-state index is 6.42. The second-order valence-electron chi connectivity index (χ2n) is 11.1. The summed E-state index contributed by atoms with van der Waals surface area (Å²) in [5.74, 6) is 1.83. The molecule has 6 aromatic carbocycles. The number of benzene rings is 6. The number of fused-ring (bicyclic) bond motifs is 4. The summed E-state index contributed by atoms with van der Waals surface area (Å²) in [7, 11) is 0. The quantitative estimate of drug-likeness (QED) is 0.194. The van der Waals surface area contributed by atoms with E-state index in [-0.39, 0.29) is 0 Å². The fourth-order valence-corrected chi connectivity index (χ4v) is 6.91. The molecule has 0 spiro atoms. The molecule has 0 aliphatic carbocycles. The number of hydrogen-bond donors (Lipinski definition) is 0. The molecule has 6 heteroatoms. The van der Waals surface area contributed by atoms with E-state index < -0.39 is 0 Å². The van der Waals surface area contributed by atoms with Crippen LogP contribution in [0, 0.1) is 0 Å². The van der Waals surface area contributed by atoms with E-state index in [0.29, 0.717) is 17.5 Å². The second kappa shape index (κ2) is 10.9. The Morgan fingerprint density at radius 3 is 1.70 bits per heavy atom. The molecule has 0 radical (unpaired) electrons. The number of nitrogens with zero attached hydrogens (tertiary/aromatic N) is 4. The molecule has 9 rings (SSSR count). The van der Waals surface area contributed by atoms with Gasteiger partial charge in [0.1, 0.15) is 16.2 Å². The van der Waals surface area contributed by atoms with Crippen molar-refractivity contribution in [3.05, 3.63) is 146 Å². The first-order valence-corrected chi connectivity index (χ1v) is 15.9. The molecule has 3 heterocycles. The van der Waals surface area contributed by atoms with Gasteiger partial charge in [-0.1, -0.05) is 127 Å². The molecule has 216 valence electrons. The molecule has 46 heavy (non-hydrogen) atoms. The molecule has 0 unspecified atom stereocenters. The second-order valence-corrected chi connectivity index (χ2v) is 12.1. The summed E-state index contributed by atoms with van der Waals surface area (Å²) in [4.78, 5) is 20.0. The Morgan fingerprint density at radius 2 is 1.00 bits per heavy atom. The molecule has 3 aromatic heterocycles. The SMILES string of the molecule is c1ccc(-c2ccc(-c3nc(-c4ccccc4)nc(-c4cccc5oc6cc7nc(-c8ccccc8)sc7cc6c45)n3)cc2)cc1. The number of rotatable bonds is 5. The number of furan rings is 1. The van der Waals surface area contributed by atoms with E-state index in [0.717, 1.165) is 65.0 Å². The molecule has 0 fully saturated rings. The van der Waals surface area contributed by atoms with Crippen molar-refractivity contribution in [3.8, 4) is 55.9 Å². The van der Waals surface area contributed by atoms with Gasteiger partial charge in [-0.2, -0.15) is 0 Å². The highest BCUT2D eigenvalue weighted by atomic mass is 32.1. The van der Waals surface area contributed by atoms with Crippen LogP contribution in [0.15, 0.2) is 150 Å². The minimum Gasteiger partial charge on any atom is -0.456 e. The summed E-state index contributed by atoms with van der Waals surface area (Å²) in [5.41, 5.74) is 8.64. The Hall–Kier alpha value is -5.98. The summed E-state index contributed by atoms with van der Waals surface area (Å²) in [6.07, 6.45) is 0. The molecule has 0 aliphatic rings. The fourth-order valence-electron chi connectivity index (χ4n) is 5.92. The van der Waals surface area contributed by atoms with E-state index in [1.807, 2.05) is 72.8 Å². The summed E-state index contributed by atoms with van der Waals surface area (Å²) in [6.45, 7) is 0. The minimum atomic E-state index is 0.596. The van der Waals surface area contributed by atoms with Gasteiger partial charge in [0.15, 0.2) is 17.5 Å². The van der Waals surface area contributed by atoms with Crippen LogP contribution < -0.4 is 0 Å². The smallest absolute Gasteiger partial charge is 0.164 e. The minimum absolute atomic E-state index is 0.596. The standard InChI is InChI=1S/C40H24N4OS/c1-4-11-25(12-5-1)26-19-21-28(22-20-26)38-42-37(27-13-6-2-7-14-27)43-39(44-38)30-17-10-18-33-36(30)31-23-35-32(24-34(31)45-33)41-40(46-35)29-15-8-3-9-16-29/h1-24H. The molecule has 0 bridgehead atoms. The number of thiazole rings is 1. The third-order valence-corrected chi connectivity index (χ3v) is 9.25. The predicted octanol–water partition coefficient (Wildman–Crippen LogP) is 10.7. The molecule has 0 amide bonds. The maximum Gasteiger partial charge on any atom is 0.164 e. The largest absolute Gasteiger partial charge is 0.456 e. The van der Waals surface area contributed by atoms with Crippen LogP contribution in [0.2, 0.25) is 0 Å². The van der Waals surface area contributed by atoms with Crippen molar-refractivity contribution in [1.82, 2.24) is 19.9 Å². The van der Waals surface area contributed by atoms with Crippen molar-refractivity contribution in [2.24, 2.45) is 0 Å². The van der Waals surface area contributed by atoms with Crippen molar-refractivity contribution in [2.75, 3.05) is 0 Å². The summed E-state index contributed by atoms with van der Waals surface area (Å²) in [6, 6.07) is 49.4. The summed E-state index contributed by atoms with van der Waals surface area (Å²) in [5, 5.41) is 2.97. The zero-order chi connectivity index (χ0) is 30.5. The highest BCUT2D eigenvalue weighted by Crippen LogP contribution is 2.40. The first-order valence-electron chi connectivity index (χ1n) is 15.1. The van der Waals surface area contributed by atoms with Gasteiger partial charge in [0.2, 0.25) is 0 Å². The van der Waals surface area contributed by atoms with Crippen LogP contribution in [-0.4, -0.2) is 19.9 Å². The molecule has 0 saturated heterocycles.